The van der Waals surface area contributed by atoms with Crippen molar-refractivity contribution in [1.29, 1.82) is 0 Å². The van der Waals surface area contributed by atoms with Gasteiger partial charge in [-0.3, -0.25) is 4.90 Å². The number of halogens is 2. The second-order valence-corrected chi connectivity index (χ2v) is 7.67. The van der Waals surface area contributed by atoms with Crippen LogP contribution in [0.4, 0.5) is 14.7 Å². The van der Waals surface area contributed by atoms with Crippen LogP contribution in [0, 0.1) is 11.6 Å². The minimum absolute atomic E-state index is 0.253. The van der Waals surface area contributed by atoms with E-state index in [4.69, 9.17) is 4.98 Å². The van der Waals surface area contributed by atoms with Gasteiger partial charge < -0.3 is 4.90 Å². The number of rotatable bonds is 3. The average Bonchev–Trinajstić information content (AvgIpc) is 3.22. The van der Waals surface area contributed by atoms with Crippen molar-refractivity contribution in [3.63, 3.8) is 0 Å². The molecule has 3 aliphatic heterocycles. The van der Waals surface area contributed by atoms with Gasteiger partial charge in [-0.2, -0.15) is 0 Å². The monoisotopic (exact) mass is 356 g/mol. The number of anilines is 1. The summed E-state index contributed by atoms with van der Waals surface area (Å²) in [4.78, 5) is 14.1. The zero-order valence-electron chi connectivity index (χ0n) is 14.7. The maximum Gasteiger partial charge on any atom is 0.225 e. The quantitative estimate of drug-likeness (QED) is 0.841. The van der Waals surface area contributed by atoms with Crippen LogP contribution in [0.1, 0.15) is 48.5 Å². The Labute approximate surface area is 151 Å². The van der Waals surface area contributed by atoms with E-state index < -0.39 is 11.6 Å². The smallest absolute Gasteiger partial charge is 0.225 e. The van der Waals surface area contributed by atoms with Crippen LogP contribution >= 0.6 is 0 Å². The van der Waals surface area contributed by atoms with Crippen molar-refractivity contribution in [1.82, 2.24) is 14.9 Å². The lowest BCUT2D eigenvalue weighted by Crippen LogP contribution is -2.38. The highest BCUT2D eigenvalue weighted by molar-refractivity contribution is 5.38. The van der Waals surface area contributed by atoms with E-state index >= 15 is 0 Å². The van der Waals surface area contributed by atoms with Crippen molar-refractivity contribution in [3.05, 3.63) is 52.9 Å². The third kappa shape index (κ3) is 2.76. The van der Waals surface area contributed by atoms with Crippen LogP contribution in [-0.4, -0.2) is 34.0 Å². The van der Waals surface area contributed by atoms with E-state index in [2.05, 4.69) is 14.8 Å². The summed E-state index contributed by atoms with van der Waals surface area (Å²) >= 11 is 0. The van der Waals surface area contributed by atoms with Crippen molar-refractivity contribution in [2.75, 3.05) is 18.0 Å². The van der Waals surface area contributed by atoms with Gasteiger partial charge >= 0.3 is 0 Å². The Kier molecular flexibility index (Phi) is 3.89. The molecule has 26 heavy (non-hydrogen) atoms. The molecule has 5 rings (SSSR count). The molecular weight excluding hydrogens is 334 g/mol. The predicted molar refractivity (Wildman–Crippen MR) is 94.8 cm³/mol. The summed E-state index contributed by atoms with van der Waals surface area (Å²) in [6.45, 7) is 2.66. The average molecular weight is 356 g/mol. The van der Waals surface area contributed by atoms with Gasteiger partial charge in [0.15, 0.2) is 0 Å². The Balaban J connectivity index is 1.42. The fourth-order valence-corrected chi connectivity index (χ4v) is 4.79. The lowest BCUT2D eigenvalue weighted by Gasteiger charge is -2.36. The summed E-state index contributed by atoms with van der Waals surface area (Å²) < 4.78 is 27.1. The van der Waals surface area contributed by atoms with Gasteiger partial charge in [0.1, 0.15) is 11.6 Å². The van der Waals surface area contributed by atoms with Crippen LogP contribution in [0.2, 0.25) is 0 Å². The first-order valence-corrected chi connectivity index (χ1v) is 9.49. The molecule has 1 aromatic carbocycles. The largest absolute Gasteiger partial charge is 0.341 e. The molecule has 6 heteroatoms. The number of fused-ring (bicyclic) bond motifs is 4. The minimum atomic E-state index is -0.511. The summed E-state index contributed by atoms with van der Waals surface area (Å²) in [5, 5.41) is 0. The summed E-state index contributed by atoms with van der Waals surface area (Å²) in [6.07, 6.45) is 7.46. The molecule has 1 aromatic heterocycles. The van der Waals surface area contributed by atoms with Gasteiger partial charge in [-0.1, -0.05) is 0 Å². The Bertz CT molecular complexity index is 814. The van der Waals surface area contributed by atoms with Crippen LogP contribution < -0.4 is 4.90 Å². The molecule has 2 fully saturated rings. The molecule has 136 valence electrons. The van der Waals surface area contributed by atoms with Gasteiger partial charge in [-0.05, 0) is 43.4 Å². The Morgan fingerprint density at radius 1 is 1.04 bits per heavy atom. The minimum Gasteiger partial charge on any atom is -0.341 e. The number of aromatic nitrogens is 2. The highest BCUT2D eigenvalue weighted by atomic mass is 19.1. The van der Waals surface area contributed by atoms with Crippen molar-refractivity contribution in [3.8, 4) is 0 Å². The van der Waals surface area contributed by atoms with Crippen LogP contribution in [0.3, 0.4) is 0 Å². The van der Waals surface area contributed by atoms with Crippen molar-refractivity contribution < 1.29 is 8.78 Å². The molecule has 2 bridgehead atoms. The summed E-state index contributed by atoms with van der Waals surface area (Å²) in [6, 6.07) is 4.44. The molecule has 4 nitrogen and oxygen atoms in total. The zero-order chi connectivity index (χ0) is 17.7. The fourth-order valence-electron chi connectivity index (χ4n) is 4.79. The van der Waals surface area contributed by atoms with Crippen molar-refractivity contribution in [2.45, 2.75) is 50.7 Å². The molecule has 0 spiro atoms. The highest BCUT2D eigenvalue weighted by Gasteiger charge is 2.41. The standard InChI is InChI=1S/C20H22F2N4/c21-14-7-13(8-15(22)9-14)12-26-16-3-4-19(26)17-11-23-20(24-18(17)10-16)25-5-1-2-6-25/h7-9,11,16,19H,1-6,10,12H2/t16-,19-/m1/s1. The normalized spacial score (nSPS) is 24.9. The van der Waals surface area contributed by atoms with Gasteiger partial charge in [-0.25, -0.2) is 18.7 Å². The lowest BCUT2D eigenvalue weighted by atomic mass is 9.98. The van der Waals surface area contributed by atoms with Crippen LogP contribution in [-0.2, 0) is 13.0 Å². The van der Waals surface area contributed by atoms with Gasteiger partial charge in [0.25, 0.3) is 0 Å². The Hall–Kier alpha value is -2.08. The predicted octanol–water partition coefficient (Wildman–Crippen LogP) is 3.62. The highest BCUT2D eigenvalue weighted by Crippen LogP contribution is 2.44. The maximum atomic E-state index is 13.5. The second kappa shape index (κ2) is 6.27. The first kappa shape index (κ1) is 16.1. The first-order valence-electron chi connectivity index (χ1n) is 9.49. The van der Waals surface area contributed by atoms with Gasteiger partial charge in [0.2, 0.25) is 5.95 Å². The number of benzene rings is 1. The molecule has 0 amide bonds. The first-order chi connectivity index (χ1) is 12.7. The van der Waals surface area contributed by atoms with Gasteiger partial charge in [0.05, 0.1) is 5.69 Å². The zero-order valence-corrected chi connectivity index (χ0v) is 14.7. The molecule has 4 heterocycles. The fraction of sp³-hybridized carbons (Fsp3) is 0.500. The molecule has 0 unspecified atom stereocenters. The van der Waals surface area contributed by atoms with Crippen LogP contribution in [0.25, 0.3) is 0 Å². The van der Waals surface area contributed by atoms with E-state index in [9.17, 15) is 8.78 Å². The van der Waals surface area contributed by atoms with Crippen LogP contribution in [0.5, 0.6) is 0 Å². The Morgan fingerprint density at radius 2 is 1.81 bits per heavy atom. The SMILES string of the molecule is Fc1cc(F)cc(CN2[C@@H]3CC[C@@H]2c2cnc(N4CCCC4)nc2C3)c1. The Morgan fingerprint density at radius 3 is 2.58 bits per heavy atom. The second-order valence-electron chi connectivity index (χ2n) is 7.67. The van der Waals surface area contributed by atoms with E-state index in [-0.39, 0.29) is 6.04 Å². The molecule has 0 radical (unpaired) electrons. The molecule has 2 atom stereocenters. The van der Waals surface area contributed by atoms with Gasteiger partial charge in [0, 0.05) is 56.0 Å². The summed E-state index contributed by atoms with van der Waals surface area (Å²) in [5.41, 5.74) is 3.05. The van der Waals surface area contributed by atoms with Crippen molar-refractivity contribution >= 4 is 5.95 Å². The van der Waals surface area contributed by atoms with Crippen LogP contribution in [0.15, 0.2) is 24.4 Å². The molecule has 3 aliphatic rings. The van der Waals surface area contributed by atoms with E-state index in [1.165, 1.54) is 30.5 Å². The molecule has 0 aliphatic carbocycles. The third-order valence-electron chi connectivity index (χ3n) is 5.99. The molecular formula is C20H22F2N4. The number of hydrogen-bond acceptors (Lipinski definition) is 4. The molecule has 0 N–H and O–H groups in total. The van der Waals surface area contributed by atoms with Gasteiger partial charge in [-0.15, -0.1) is 0 Å². The van der Waals surface area contributed by atoms with E-state index in [0.717, 1.165) is 50.1 Å². The molecule has 0 saturated carbocycles. The number of hydrogen-bond donors (Lipinski definition) is 0. The van der Waals surface area contributed by atoms with E-state index in [1.807, 2.05) is 6.20 Å². The van der Waals surface area contributed by atoms with E-state index in [0.29, 0.717) is 18.2 Å². The van der Waals surface area contributed by atoms with Crippen molar-refractivity contribution in [2.24, 2.45) is 0 Å². The lowest BCUT2D eigenvalue weighted by molar-refractivity contribution is 0.166. The third-order valence-corrected chi connectivity index (χ3v) is 5.99. The maximum absolute atomic E-state index is 13.5. The molecule has 2 saturated heterocycles. The summed E-state index contributed by atoms with van der Waals surface area (Å²) in [7, 11) is 0. The topological polar surface area (TPSA) is 32.3 Å². The molecule has 2 aromatic rings. The van der Waals surface area contributed by atoms with E-state index in [1.54, 1.807) is 0 Å². The number of nitrogens with zero attached hydrogens (tertiary/aromatic N) is 4. The summed E-state index contributed by atoms with van der Waals surface area (Å²) in [5.74, 6) is -0.159.